The van der Waals surface area contributed by atoms with E-state index in [0.717, 1.165) is 16.0 Å². The van der Waals surface area contributed by atoms with Gasteiger partial charge in [0.05, 0.1) is 22.1 Å². The minimum atomic E-state index is -4.82. The molecule has 0 amide bonds. The van der Waals surface area contributed by atoms with Crippen LogP contribution in [0.5, 0.6) is 5.75 Å². The summed E-state index contributed by atoms with van der Waals surface area (Å²) < 4.78 is 28.2. The Kier molecular flexibility index (Phi) is 10.7. The van der Waals surface area contributed by atoms with E-state index in [2.05, 4.69) is 11.4 Å². The molecule has 3 rings (SSSR count). The van der Waals surface area contributed by atoms with Crippen molar-refractivity contribution >= 4 is 36.7 Å². The number of hydrogen-bond donors (Lipinski definition) is 3. The number of hydrogen-bond acceptors (Lipinski definition) is 8. The Bertz CT molecular complexity index is 1370. The molecule has 9 nitrogen and oxygen atoms in total. The maximum absolute atomic E-state index is 11.9. The fourth-order valence-electron chi connectivity index (χ4n) is 3.77. The Balaban J connectivity index is 1.73. The number of nitrogens with one attached hydrogen (secondary N) is 1. The van der Waals surface area contributed by atoms with Gasteiger partial charge in [-0.15, -0.1) is 11.3 Å². The van der Waals surface area contributed by atoms with Crippen LogP contribution in [0.3, 0.4) is 0 Å². The molecule has 3 N–H and O–H groups in total. The number of thiophene rings is 1. The monoisotopic (exact) mass is 592 g/mol. The lowest BCUT2D eigenvalue weighted by molar-refractivity contribution is 0.0526. The van der Waals surface area contributed by atoms with Crippen molar-refractivity contribution in [3.8, 4) is 22.9 Å². The first kappa shape index (κ1) is 30.8. The molecule has 2 aromatic carbocycles. The Morgan fingerprint density at radius 3 is 2.44 bits per heavy atom. The summed E-state index contributed by atoms with van der Waals surface area (Å²) in [4.78, 5) is 31.9. The lowest BCUT2D eigenvalue weighted by atomic mass is 9.99. The van der Waals surface area contributed by atoms with Crippen LogP contribution < -0.4 is 10.1 Å². The summed E-state index contributed by atoms with van der Waals surface area (Å²) in [7, 11) is -4.82. The van der Waals surface area contributed by atoms with Crippen LogP contribution in [0.2, 0.25) is 4.34 Å². The Labute approximate surface area is 236 Å². The lowest BCUT2D eigenvalue weighted by Gasteiger charge is -2.29. The van der Waals surface area contributed by atoms with Crippen LogP contribution in [0.15, 0.2) is 54.6 Å². The molecular formula is C27H30ClN2O7PS. The third kappa shape index (κ3) is 9.75. The molecule has 0 saturated carbocycles. The highest BCUT2D eigenvalue weighted by Crippen LogP contribution is 2.38. The maximum atomic E-state index is 11.9. The summed E-state index contributed by atoms with van der Waals surface area (Å²) >= 11 is 7.49. The van der Waals surface area contributed by atoms with Gasteiger partial charge in [-0.25, -0.2) is 9.36 Å². The molecule has 0 saturated heterocycles. The standard InChI is InChI=1S/C27H30ClN2O7PS/c1-4-35-26(31)19-7-5-18(6-8-19)20-9-10-21(15-29)24(13-20)36-17-22(37-38(32,33)34)16-30-27(2,3)14-23-11-12-25(28)39-23/h5-13,22,30H,4,14,16-17H2,1-3H3,(H2,32,33,34)/t22-/m0/s1. The third-order valence-corrected chi connectivity index (χ3v) is 7.40. The number of phosphoric ester groups is 1. The van der Waals surface area contributed by atoms with E-state index in [9.17, 15) is 24.4 Å². The zero-order valence-corrected chi connectivity index (χ0v) is 24.2. The highest BCUT2D eigenvalue weighted by atomic mass is 35.5. The average Bonchev–Trinajstić information content (AvgIpc) is 3.28. The number of nitrogens with zero attached hydrogens (tertiary/aromatic N) is 1. The van der Waals surface area contributed by atoms with Crippen LogP contribution in [-0.4, -0.2) is 47.2 Å². The van der Waals surface area contributed by atoms with Gasteiger partial charge in [-0.1, -0.05) is 29.8 Å². The minimum Gasteiger partial charge on any atom is -0.489 e. The second-order valence-corrected chi connectivity index (χ2v) is 12.3. The van der Waals surface area contributed by atoms with Crippen molar-refractivity contribution in [1.29, 1.82) is 5.26 Å². The second-order valence-electron chi connectivity index (χ2n) is 9.30. The predicted octanol–water partition coefficient (Wildman–Crippen LogP) is 5.58. The molecule has 0 bridgehead atoms. The molecular weight excluding hydrogens is 563 g/mol. The van der Waals surface area contributed by atoms with Gasteiger partial charge in [0, 0.05) is 17.0 Å². The quantitative estimate of drug-likeness (QED) is 0.171. The molecule has 12 heteroatoms. The van der Waals surface area contributed by atoms with Crippen LogP contribution in [0.25, 0.3) is 11.1 Å². The lowest BCUT2D eigenvalue weighted by Crippen LogP contribution is -2.46. The summed E-state index contributed by atoms with van der Waals surface area (Å²) in [5.74, 6) is -0.184. The van der Waals surface area contributed by atoms with Crippen molar-refractivity contribution in [2.24, 2.45) is 0 Å². The van der Waals surface area contributed by atoms with E-state index < -0.39 is 25.4 Å². The number of carbonyl (C=O) groups is 1. The molecule has 39 heavy (non-hydrogen) atoms. The second kappa shape index (κ2) is 13.6. The zero-order chi connectivity index (χ0) is 28.6. The number of phosphoric acid groups is 1. The van der Waals surface area contributed by atoms with Gasteiger partial charge < -0.3 is 24.6 Å². The maximum Gasteiger partial charge on any atom is 0.470 e. The van der Waals surface area contributed by atoms with Crippen LogP contribution in [-0.2, 0) is 20.2 Å². The smallest absolute Gasteiger partial charge is 0.470 e. The molecule has 0 unspecified atom stereocenters. The van der Waals surface area contributed by atoms with Gasteiger partial charge >= 0.3 is 13.8 Å². The van der Waals surface area contributed by atoms with Gasteiger partial charge in [-0.3, -0.25) is 4.52 Å². The molecule has 1 heterocycles. The van der Waals surface area contributed by atoms with Gasteiger partial charge in [-0.05, 0) is 74.7 Å². The first-order valence-corrected chi connectivity index (χ1v) is 14.8. The van der Waals surface area contributed by atoms with Crippen LogP contribution >= 0.6 is 30.8 Å². The van der Waals surface area contributed by atoms with E-state index in [1.807, 2.05) is 26.0 Å². The average molecular weight is 593 g/mol. The molecule has 3 aromatic rings. The first-order valence-electron chi connectivity index (χ1n) is 12.1. The SMILES string of the molecule is CCOC(=O)c1ccc(-c2ccc(C#N)c(OC[C@H](CNC(C)(C)Cc3ccc(Cl)s3)OP(=O)(O)O)c2)cc1. The zero-order valence-electron chi connectivity index (χ0n) is 21.7. The number of benzene rings is 2. The summed E-state index contributed by atoms with van der Waals surface area (Å²) in [6.07, 6.45) is -0.375. The fourth-order valence-corrected chi connectivity index (χ4v) is 5.61. The van der Waals surface area contributed by atoms with Gasteiger partial charge in [-0.2, -0.15) is 5.26 Å². The molecule has 1 atom stereocenters. The van der Waals surface area contributed by atoms with Crippen molar-refractivity contribution in [3.05, 3.63) is 74.9 Å². The van der Waals surface area contributed by atoms with E-state index in [-0.39, 0.29) is 31.1 Å². The van der Waals surface area contributed by atoms with Crippen molar-refractivity contribution in [2.75, 3.05) is 19.8 Å². The normalized spacial score (nSPS) is 12.5. The highest BCUT2D eigenvalue weighted by molar-refractivity contribution is 7.46. The molecule has 0 radical (unpaired) electrons. The van der Waals surface area contributed by atoms with Crippen LogP contribution in [0.4, 0.5) is 0 Å². The Hall–Kier alpha value is -2.74. The van der Waals surface area contributed by atoms with E-state index >= 15 is 0 Å². The van der Waals surface area contributed by atoms with E-state index in [0.29, 0.717) is 16.3 Å². The van der Waals surface area contributed by atoms with Gasteiger partial charge in [0.25, 0.3) is 0 Å². The largest absolute Gasteiger partial charge is 0.489 e. The van der Waals surface area contributed by atoms with Crippen molar-refractivity contribution in [2.45, 2.75) is 38.8 Å². The number of nitriles is 1. The van der Waals surface area contributed by atoms with Crippen molar-refractivity contribution in [1.82, 2.24) is 5.32 Å². The Morgan fingerprint density at radius 2 is 1.85 bits per heavy atom. The molecule has 0 aliphatic heterocycles. The third-order valence-electron chi connectivity index (χ3n) is 5.60. The number of carbonyl (C=O) groups excluding carboxylic acids is 1. The summed E-state index contributed by atoms with van der Waals surface area (Å²) in [6, 6.07) is 17.6. The first-order chi connectivity index (χ1) is 18.4. The topological polar surface area (TPSA) is 138 Å². The number of ether oxygens (including phenoxy) is 2. The summed E-state index contributed by atoms with van der Waals surface area (Å²) in [5.41, 5.74) is 1.73. The van der Waals surface area contributed by atoms with Crippen LogP contribution in [0.1, 0.15) is 41.6 Å². The molecule has 0 aliphatic rings. The molecule has 1 aromatic heterocycles. The molecule has 0 spiro atoms. The van der Waals surface area contributed by atoms with E-state index in [1.165, 1.54) is 11.3 Å². The molecule has 0 aliphatic carbocycles. The van der Waals surface area contributed by atoms with Gasteiger partial charge in [0.2, 0.25) is 0 Å². The minimum absolute atomic E-state index is 0.0775. The summed E-state index contributed by atoms with van der Waals surface area (Å²) in [6.45, 7) is 5.78. The Morgan fingerprint density at radius 1 is 1.15 bits per heavy atom. The van der Waals surface area contributed by atoms with E-state index in [4.69, 9.17) is 25.6 Å². The fraction of sp³-hybridized carbons (Fsp3) is 0.333. The van der Waals surface area contributed by atoms with Crippen LogP contribution in [0, 0.1) is 11.3 Å². The summed E-state index contributed by atoms with van der Waals surface area (Å²) in [5, 5.41) is 12.9. The number of halogens is 1. The van der Waals surface area contributed by atoms with Gasteiger partial charge in [0.1, 0.15) is 24.5 Å². The number of esters is 1. The highest BCUT2D eigenvalue weighted by Gasteiger charge is 2.27. The van der Waals surface area contributed by atoms with E-state index in [1.54, 1.807) is 49.4 Å². The van der Waals surface area contributed by atoms with Crippen molar-refractivity contribution < 1.29 is 33.1 Å². The predicted molar refractivity (Wildman–Crippen MR) is 150 cm³/mol. The number of rotatable bonds is 13. The molecule has 208 valence electrons. The van der Waals surface area contributed by atoms with Crippen molar-refractivity contribution in [3.63, 3.8) is 0 Å². The van der Waals surface area contributed by atoms with Gasteiger partial charge in [0.15, 0.2) is 0 Å². The molecule has 0 fully saturated rings.